The summed E-state index contributed by atoms with van der Waals surface area (Å²) in [7, 11) is 0. The zero-order chi connectivity index (χ0) is 9.26. The molecule has 0 N–H and O–H groups in total. The van der Waals surface area contributed by atoms with E-state index >= 15 is 0 Å². The van der Waals surface area contributed by atoms with Gasteiger partial charge in [0.15, 0.2) is 6.29 Å². The minimum absolute atomic E-state index is 0.467. The molecule has 13 heavy (non-hydrogen) atoms. The third kappa shape index (κ3) is 1.50. The van der Waals surface area contributed by atoms with E-state index in [9.17, 15) is 4.79 Å². The molecule has 0 amide bonds. The van der Waals surface area contributed by atoms with Crippen LogP contribution in [0.25, 0.3) is 0 Å². The molecule has 0 radical (unpaired) electrons. The topological polar surface area (TPSA) is 34.9 Å². The monoisotopic (exact) mass is 178 g/mol. The van der Waals surface area contributed by atoms with Crippen molar-refractivity contribution in [2.45, 2.75) is 38.6 Å². The second-order valence-electron chi connectivity index (χ2n) is 3.71. The van der Waals surface area contributed by atoms with E-state index in [4.69, 9.17) is 0 Å². The van der Waals surface area contributed by atoms with Gasteiger partial charge in [-0.25, -0.2) is 0 Å². The van der Waals surface area contributed by atoms with E-state index in [0.29, 0.717) is 6.04 Å². The van der Waals surface area contributed by atoms with Gasteiger partial charge in [0.05, 0.1) is 11.7 Å². The Labute approximate surface area is 77.7 Å². The third-order valence-electron chi connectivity index (χ3n) is 2.68. The van der Waals surface area contributed by atoms with Crippen molar-refractivity contribution in [1.29, 1.82) is 0 Å². The molecular weight excluding hydrogens is 164 g/mol. The van der Waals surface area contributed by atoms with Crippen molar-refractivity contribution in [3.8, 4) is 0 Å². The van der Waals surface area contributed by atoms with E-state index in [1.807, 2.05) is 17.7 Å². The highest BCUT2D eigenvalue weighted by molar-refractivity contribution is 5.72. The summed E-state index contributed by atoms with van der Waals surface area (Å²) in [6.45, 7) is 1.93. The summed E-state index contributed by atoms with van der Waals surface area (Å²) >= 11 is 0. The van der Waals surface area contributed by atoms with Gasteiger partial charge in [-0.15, -0.1) is 0 Å². The maximum Gasteiger partial charge on any atom is 0.168 e. The van der Waals surface area contributed by atoms with E-state index in [0.717, 1.165) is 17.7 Å². The van der Waals surface area contributed by atoms with E-state index in [-0.39, 0.29) is 0 Å². The summed E-state index contributed by atoms with van der Waals surface area (Å²) in [5, 5.41) is 4.35. The Morgan fingerprint density at radius 1 is 1.54 bits per heavy atom. The van der Waals surface area contributed by atoms with Crippen molar-refractivity contribution in [2.24, 2.45) is 0 Å². The molecule has 1 aromatic rings. The van der Waals surface area contributed by atoms with Gasteiger partial charge in [-0.1, -0.05) is 12.8 Å². The average Bonchev–Trinajstić information content (AvgIpc) is 2.71. The quantitative estimate of drug-likeness (QED) is 0.650. The standard InChI is InChI=1S/C10H14N2O/c1-8-6-10(7-13)12(11-8)9-4-2-3-5-9/h6-7,9H,2-5H2,1H3. The maximum atomic E-state index is 10.7. The molecule has 1 fully saturated rings. The number of hydrogen-bond acceptors (Lipinski definition) is 2. The molecule has 0 bridgehead atoms. The number of aromatic nitrogens is 2. The van der Waals surface area contributed by atoms with E-state index in [1.54, 1.807) is 0 Å². The molecule has 1 aliphatic carbocycles. The first-order valence-corrected chi connectivity index (χ1v) is 4.82. The molecule has 0 spiro atoms. The zero-order valence-electron chi connectivity index (χ0n) is 7.86. The van der Waals surface area contributed by atoms with Crippen LogP contribution in [0.1, 0.15) is 47.9 Å². The number of aldehydes is 1. The first-order valence-electron chi connectivity index (χ1n) is 4.82. The van der Waals surface area contributed by atoms with Crippen LogP contribution in [0.4, 0.5) is 0 Å². The molecule has 3 heteroatoms. The summed E-state index contributed by atoms with van der Waals surface area (Å²) < 4.78 is 1.90. The van der Waals surface area contributed by atoms with Crippen LogP contribution in [0, 0.1) is 6.92 Å². The van der Waals surface area contributed by atoms with Crippen molar-refractivity contribution in [3.05, 3.63) is 17.5 Å². The van der Waals surface area contributed by atoms with Crippen molar-refractivity contribution in [2.75, 3.05) is 0 Å². The number of hydrogen-bond donors (Lipinski definition) is 0. The van der Waals surface area contributed by atoms with Crippen LogP contribution in [-0.2, 0) is 0 Å². The molecule has 1 saturated carbocycles. The van der Waals surface area contributed by atoms with Crippen molar-refractivity contribution in [3.63, 3.8) is 0 Å². The van der Waals surface area contributed by atoms with E-state index in [2.05, 4.69) is 5.10 Å². The Hall–Kier alpha value is -1.12. The molecule has 1 heterocycles. The highest BCUT2D eigenvalue weighted by Gasteiger charge is 2.19. The Morgan fingerprint density at radius 2 is 2.23 bits per heavy atom. The number of carbonyl (C=O) groups excluding carboxylic acids is 1. The molecule has 3 nitrogen and oxygen atoms in total. The van der Waals surface area contributed by atoms with E-state index < -0.39 is 0 Å². The molecule has 0 aromatic carbocycles. The largest absolute Gasteiger partial charge is 0.296 e. The molecule has 0 unspecified atom stereocenters. The zero-order valence-corrected chi connectivity index (χ0v) is 7.86. The minimum atomic E-state index is 0.467. The second-order valence-corrected chi connectivity index (χ2v) is 3.71. The van der Waals surface area contributed by atoms with Crippen LogP contribution >= 0.6 is 0 Å². The van der Waals surface area contributed by atoms with Crippen LogP contribution < -0.4 is 0 Å². The first-order chi connectivity index (χ1) is 6.31. The number of nitrogens with zero attached hydrogens (tertiary/aromatic N) is 2. The second kappa shape index (κ2) is 3.32. The summed E-state index contributed by atoms with van der Waals surface area (Å²) in [4.78, 5) is 10.7. The van der Waals surface area contributed by atoms with Gasteiger partial charge in [0, 0.05) is 0 Å². The Bertz CT molecular complexity index is 311. The summed E-state index contributed by atoms with van der Waals surface area (Å²) in [6.07, 6.45) is 5.77. The van der Waals surface area contributed by atoms with Crippen molar-refractivity contribution in [1.82, 2.24) is 9.78 Å². The fourth-order valence-corrected chi connectivity index (χ4v) is 2.07. The molecule has 0 aliphatic heterocycles. The maximum absolute atomic E-state index is 10.7. The normalized spacial score (nSPS) is 17.9. The van der Waals surface area contributed by atoms with Gasteiger partial charge in [0.2, 0.25) is 0 Å². The van der Waals surface area contributed by atoms with Crippen molar-refractivity contribution >= 4 is 6.29 Å². The van der Waals surface area contributed by atoms with E-state index in [1.165, 1.54) is 25.7 Å². The lowest BCUT2D eigenvalue weighted by molar-refractivity contribution is 0.111. The average molecular weight is 178 g/mol. The fourth-order valence-electron chi connectivity index (χ4n) is 2.07. The lowest BCUT2D eigenvalue weighted by Gasteiger charge is -2.10. The number of carbonyl (C=O) groups is 1. The van der Waals surface area contributed by atoms with Crippen LogP contribution in [0.5, 0.6) is 0 Å². The van der Waals surface area contributed by atoms with Crippen molar-refractivity contribution < 1.29 is 4.79 Å². The van der Waals surface area contributed by atoms with Crippen LogP contribution in [0.3, 0.4) is 0 Å². The van der Waals surface area contributed by atoms with Gasteiger partial charge in [-0.3, -0.25) is 9.48 Å². The summed E-state index contributed by atoms with van der Waals surface area (Å²) in [6, 6.07) is 2.32. The molecule has 2 rings (SSSR count). The highest BCUT2D eigenvalue weighted by atomic mass is 16.1. The Morgan fingerprint density at radius 3 is 2.85 bits per heavy atom. The molecule has 0 saturated heterocycles. The molecule has 70 valence electrons. The highest BCUT2D eigenvalue weighted by Crippen LogP contribution is 2.29. The molecule has 0 atom stereocenters. The summed E-state index contributed by atoms with van der Waals surface area (Å²) in [5.41, 5.74) is 1.67. The van der Waals surface area contributed by atoms with Gasteiger partial charge < -0.3 is 0 Å². The lowest BCUT2D eigenvalue weighted by atomic mass is 10.2. The van der Waals surface area contributed by atoms with Gasteiger partial charge in [-0.05, 0) is 25.8 Å². The van der Waals surface area contributed by atoms with Gasteiger partial charge >= 0.3 is 0 Å². The Balaban J connectivity index is 2.31. The smallest absolute Gasteiger partial charge is 0.168 e. The fraction of sp³-hybridized carbons (Fsp3) is 0.600. The van der Waals surface area contributed by atoms with Crippen LogP contribution in [0.2, 0.25) is 0 Å². The first kappa shape index (κ1) is 8.48. The molecule has 1 aromatic heterocycles. The molecular formula is C10H14N2O. The number of rotatable bonds is 2. The predicted octanol–water partition coefficient (Wildman–Crippen LogP) is 2.12. The van der Waals surface area contributed by atoms with Crippen LogP contribution in [-0.4, -0.2) is 16.1 Å². The minimum Gasteiger partial charge on any atom is -0.296 e. The summed E-state index contributed by atoms with van der Waals surface area (Å²) in [5.74, 6) is 0. The SMILES string of the molecule is Cc1cc(C=O)n(C2CCCC2)n1. The van der Waals surface area contributed by atoms with Gasteiger partial charge in [0.25, 0.3) is 0 Å². The predicted molar refractivity (Wildman–Crippen MR) is 49.9 cm³/mol. The number of aryl methyl sites for hydroxylation is 1. The van der Waals surface area contributed by atoms with Gasteiger partial charge in [0.1, 0.15) is 5.69 Å². The van der Waals surface area contributed by atoms with Crippen LogP contribution in [0.15, 0.2) is 6.07 Å². The Kier molecular flexibility index (Phi) is 2.17. The molecule has 1 aliphatic rings. The third-order valence-corrected chi connectivity index (χ3v) is 2.68. The van der Waals surface area contributed by atoms with Gasteiger partial charge in [-0.2, -0.15) is 5.10 Å². The lowest BCUT2D eigenvalue weighted by Crippen LogP contribution is -2.09.